The van der Waals surface area contributed by atoms with E-state index < -0.39 is 0 Å². The molecule has 96 valence electrons. The molecular weight excluding hydrogens is 258 g/mol. The Labute approximate surface area is 115 Å². The van der Waals surface area contributed by atoms with Gasteiger partial charge in [-0.1, -0.05) is 23.6 Å². The normalized spacial score (nSPS) is 9.95. The average Bonchev–Trinajstić information content (AvgIpc) is 2.80. The number of fused-ring (bicyclic) bond motifs is 1. The van der Waals surface area contributed by atoms with E-state index in [2.05, 4.69) is 16.8 Å². The maximum absolute atomic E-state index is 10.9. The number of aromatic nitrogens is 1. The molecule has 19 heavy (non-hydrogen) atoms. The first kappa shape index (κ1) is 13.4. The van der Waals surface area contributed by atoms with Gasteiger partial charge in [-0.25, -0.2) is 0 Å². The van der Waals surface area contributed by atoms with Crippen LogP contribution in [0.4, 0.5) is 0 Å². The van der Waals surface area contributed by atoms with Gasteiger partial charge in [0.05, 0.1) is 0 Å². The van der Waals surface area contributed by atoms with Gasteiger partial charge in [0.25, 0.3) is 0 Å². The fourth-order valence-corrected chi connectivity index (χ4v) is 2.22. The van der Waals surface area contributed by atoms with Gasteiger partial charge in [-0.15, -0.1) is 0 Å². The summed E-state index contributed by atoms with van der Waals surface area (Å²) in [5, 5.41) is 1.01. The molecule has 4 heteroatoms. The van der Waals surface area contributed by atoms with Crippen LogP contribution < -0.4 is 0 Å². The average molecular weight is 271 g/mol. The smallest absolute Gasteiger partial charge is 0.185 e. The van der Waals surface area contributed by atoms with Crippen LogP contribution in [-0.4, -0.2) is 22.1 Å². The number of H-pyrrole nitrogens is 1. The molecule has 0 saturated heterocycles. The predicted octanol–water partition coefficient (Wildman–Crippen LogP) is 3.00. The molecule has 0 fully saturated rings. The Morgan fingerprint density at radius 3 is 3.05 bits per heavy atom. The molecule has 1 aromatic carbocycles. The highest BCUT2D eigenvalue weighted by Gasteiger charge is 2.02. The number of thioether (sulfide) groups is 1. The highest BCUT2D eigenvalue weighted by atomic mass is 32.2. The Kier molecular flexibility index (Phi) is 4.43. The molecule has 0 saturated carbocycles. The molecular formula is C15H13NO2S. The van der Waals surface area contributed by atoms with Gasteiger partial charge in [0, 0.05) is 47.3 Å². The first-order chi connectivity index (χ1) is 9.20. The van der Waals surface area contributed by atoms with Crippen LogP contribution in [-0.2, 0) is 4.79 Å². The minimum absolute atomic E-state index is 0.117. The van der Waals surface area contributed by atoms with Crippen LogP contribution in [0, 0.1) is 11.8 Å². The minimum Gasteiger partial charge on any atom is -0.360 e. The highest BCUT2D eigenvalue weighted by Crippen LogP contribution is 2.18. The zero-order chi connectivity index (χ0) is 13.7. The molecule has 2 aromatic rings. The zero-order valence-electron chi connectivity index (χ0n) is 10.5. The molecule has 0 radical (unpaired) electrons. The molecule has 0 unspecified atom stereocenters. The van der Waals surface area contributed by atoms with Crippen molar-refractivity contribution in [3.63, 3.8) is 0 Å². The van der Waals surface area contributed by atoms with Gasteiger partial charge in [-0.3, -0.25) is 9.59 Å². The van der Waals surface area contributed by atoms with Gasteiger partial charge in [0.1, 0.15) is 0 Å². The van der Waals surface area contributed by atoms with Crippen LogP contribution in [0.15, 0.2) is 24.4 Å². The summed E-state index contributed by atoms with van der Waals surface area (Å²) >= 11 is 1.28. The van der Waals surface area contributed by atoms with Gasteiger partial charge in [0.2, 0.25) is 0 Å². The van der Waals surface area contributed by atoms with E-state index in [0.29, 0.717) is 17.7 Å². The molecule has 0 spiro atoms. The van der Waals surface area contributed by atoms with E-state index in [9.17, 15) is 9.59 Å². The van der Waals surface area contributed by atoms with Gasteiger partial charge in [-0.05, 0) is 18.2 Å². The standard InChI is InChI=1S/C15H13NO2S/c1-11(18)19-7-3-2-4-12-5-6-15-14(8-12)13(10-17)9-16-15/h5-6,8-10,16H,3,7H2,1H3. The fraction of sp³-hybridized carbons (Fsp3) is 0.200. The van der Waals surface area contributed by atoms with E-state index in [0.717, 1.165) is 22.8 Å². The first-order valence-electron chi connectivity index (χ1n) is 5.89. The number of benzene rings is 1. The van der Waals surface area contributed by atoms with Crippen molar-refractivity contribution < 1.29 is 9.59 Å². The highest BCUT2D eigenvalue weighted by molar-refractivity contribution is 8.13. The number of carbonyl (C=O) groups is 2. The van der Waals surface area contributed by atoms with Crippen molar-refractivity contribution in [2.45, 2.75) is 13.3 Å². The summed E-state index contributed by atoms with van der Waals surface area (Å²) in [7, 11) is 0. The lowest BCUT2D eigenvalue weighted by Crippen LogP contribution is -1.84. The number of rotatable bonds is 3. The van der Waals surface area contributed by atoms with Crippen molar-refractivity contribution in [3.8, 4) is 11.8 Å². The monoisotopic (exact) mass is 271 g/mol. The van der Waals surface area contributed by atoms with Crippen LogP contribution in [0.25, 0.3) is 10.9 Å². The molecule has 0 aliphatic rings. The van der Waals surface area contributed by atoms with Crippen molar-refractivity contribution >= 4 is 34.1 Å². The fourth-order valence-electron chi connectivity index (χ4n) is 1.73. The Bertz CT molecular complexity index is 676. The van der Waals surface area contributed by atoms with Crippen LogP contribution in [0.3, 0.4) is 0 Å². The van der Waals surface area contributed by atoms with Crippen molar-refractivity contribution in [3.05, 3.63) is 35.5 Å². The first-order valence-corrected chi connectivity index (χ1v) is 6.88. The Balaban J connectivity index is 2.10. The topological polar surface area (TPSA) is 49.9 Å². The second kappa shape index (κ2) is 6.26. The lowest BCUT2D eigenvalue weighted by molar-refractivity contribution is -0.109. The maximum atomic E-state index is 10.9. The summed E-state index contributed by atoms with van der Waals surface area (Å²) in [4.78, 5) is 24.6. The molecule has 0 atom stereocenters. The summed E-state index contributed by atoms with van der Waals surface area (Å²) in [5.74, 6) is 6.79. The van der Waals surface area contributed by atoms with Crippen LogP contribution in [0.5, 0.6) is 0 Å². The molecule has 1 N–H and O–H groups in total. The minimum atomic E-state index is 0.117. The summed E-state index contributed by atoms with van der Waals surface area (Å²) in [6.45, 7) is 1.55. The van der Waals surface area contributed by atoms with Crippen molar-refractivity contribution in [2.75, 3.05) is 5.75 Å². The van der Waals surface area contributed by atoms with Gasteiger partial charge < -0.3 is 4.98 Å². The van der Waals surface area contributed by atoms with E-state index >= 15 is 0 Å². The van der Waals surface area contributed by atoms with Gasteiger partial charge in [-0.2, -0.15) is 0 Å². The Morgan fingerprint density at radius 2 is 2.32 bits per heavy atom. The molecule has 0 bridgehead atoms. The third-order valence-electron chi connectivity index (χ3n) is 2.61. The number of hydrogen-bond acceptors (Lipinski definition) is 3. The predicted molar refractivity (Wildman–Crippen MR) is 78.3 cm³/mol. The third kappa shape index (κ3) is 3.49. The molecule has 1 aromatic heterocycles. The summed E-state index contributed by atoms with van der Waals surface area (Å²) in [6, 6.07) is 5.73. The lowest BCUT2D eigenvalue weighted by Gasteiger charge is -1.93. The Hall–Kier alpha value is -1.99. The summed E-state index contributed by atoms with van der Waals surface area (Å²) in [6.07, 6.45) is 3.20. The number of carbonyl (C=O) groups excluding carboxylic acids is 2. The molecule has 2 rings (SSSR count). The van der Waals surface area contributed by atoms with E-state index in [1.54, 1.807) is 13.1 Å². The number of aldehydes is 1. The largest absolute Gasteiger partial charge is 0.360 e. The summed E-state index contributed by atoms with van der Waals surface area (Å²) < 4.78 is 0. The van der Waals surface area contributed by atoms with Crippen molar-refractivity contribution in [2.24, 2.45) is 0 Å². The van der Waals surface area contributed by atoms with Crippen LogP contribution in [0.1, 0.15) is 29.3 Å². The second-order valence-corrected chi connectivity index (χ2v) is 5.29. The number of aromatic amines is 1. The summed E-state index contributed by atoms with van der Waals surface area (Å²) in [5.41, 5.74) is 2.45. The number of nitrogens with one attached hydrogen (secondary N) is 1. The van der Waals surface area contributed by atoms with E-state index in [4.69, 9.17) is 0 Å². The molecule has 0 aliphatic heterocycles. The van der Waals surface area contributed by atoms with Crippen LogP contribution >= 0.6 is 11.8 Å². The lowest BCUT2D eigenvalue weighted by atomic mass is 10.1. The molecule has 1 heterocycles. The maximum Gasteiger partial charge on any atom is 0.185 e. The van der Waals surface area contributed by atoms with Gasteiger partial charge >= 0.3 is 0 Å². The van der Waals surface area contributed by atoms with E-state index in [1.165, 1.54) is 11.8 Å². The van der Waals surface area contributed by atoms with Gasteiger partial charge in [0.15, 0.2) is 11.4 Å². The second-order valence-electron chi connectivity index (χ2n) is 4.01. The molecule has 3 nitrogen and oxygen atoms in total. The SMILES string of the molecule is CC(=O)SCCC#Cc1ccc2[nH]cc(C=O)c2c1. The zero-order valence-corrected chi connectivity index (χ0v) is 11.3. The molecule has 0 amide bonds. The van der Waals surface area contributed by atoms with Crippen LogP contribution in [0.2, 0.25) is 0 Å². The van der Waals surface area contributed by atoms with E-state index in [-0.39, 0.29) is 5.12 Å². The Morgan fingerprint density at radius 1 is 1.47 bits per heavy atom. The molecule has 0 aliphatic carbocycles. The van der Waals surface area contributed by atoms with E-state index in [1.807, 2.05) is 18.2 Å². The van der Waals surface area contributed by atoms with Crippen molar-refractivity contribution in [1.29, 1.82) is 0 Å². The third-order valence-corrected chi connectivity index (χ3v) is 3.42. The quantitative estimate of drug-likeness (QED) is 0.530. The number of hydrogen-bond donors (Lipinski definition) is 1. The van der Waals surface area contributed by atoms with Crippen molar-refractivity contribution in [1.82, 2.24) is 4.98 Å².